The summed E-state index contributed by atoms with van der Waals surface area (Å²) in [7, 11) is 1.57. The predicted molar refractivity (Wildman–Crippen MR) is 209 cm³/mol. The Morgan fingerprint density at radius 1 is 0.759 bits per heavy atom. The Labute approximate surface area is 346 Å². The maximum Gasteiger partial charge on any atom is 0.261 e. The number of aryl methyl sites for hydroxylation is 2. The zero-order chi connectivity index (χ0) is 36.6. The normalized spacial score (nSPS) is 17.3. The second-order valence-electron chi connectivity index (χ2n) is 13.7. The van der Waals surface area contributed by atoms with Crippen LogP contribution in [0.2, 0.25) is 0 Å². The Bertz CT molecular complexity index is 2280. The van der Waals surface area contributed by atoms with Gasteiger partial charge in [0.1, 0.15) is 5.75 Å². The number of aliphatic imine (C=N–C) groups is 1. The maximum absolute atomic E-state index is 13.8. The molecule has 0 aliphatic carbocycles. The van der Waals surface area contributed by atoms with Crippen molar-refractivity contribution in [3.63, 3.8) is 0 Å². The molecule has 0 saturated carbocycles. The van der Waals surface area contributed by atoms with Crippen molar-refractivity contribution >= 4 is 47.7 Å². The zero-order valence-electron chi connectivity index (χ0n) is 30.5. The molecule has 8 nitrogen and oxygen atoms in total. The van der Waals surface area contributed by atoms with Gasteiger partial charge < -0.3 is 31.7 Å². The number of amides is 2. The second kappa shape index (κ2) is 16.1. The van der Waals surface area contributed by atoms with Gasteiger partial charge in [-0.25, -0.2) is 0 Å². The maximum atomic E-state index is 13.8. The number of carbonyl (C=O) groups excluding carboxylic acids is 2. The molecule has 54 heavy (non-hydrogen) atoms. The molecule has 2 amide bonds. The van der Waals surface area contributed by atoms with Crippen LogP contribution in [0, 0.1) is 13.0 Å². The third-order valence-electron chi connectivity index (χ3n) is 10.5. The molecule has 271 valence electrons. The number of hydrogen-bond donors (Lipinski definition) is 0. The van der Waals surface area contributed by atoms with E-state index in [1.807, 2.05) is 83.6 Å². The molecule has 9 rings (SSSR count). The van der Waals surface area contributed by atoms with Crippen molar-refractivity contribution in [2.45, 2.75) is 57.9 Å². The largest absolute Gasteiger partial charge is 0.796 e. The van der Waals surface area contributed by atoms with Gasteiger partial charge in [0.25, 0.3) is 11.8 Å². The smallest absolute Gasteiger partial charge is 0.261 e. The summed E-state index contributed by atoms with van der Waals surface area (Å²) in [4.78, 5) is 36.1. The van der Waals surface area contributed by atoms with Gasteiger partial charge in [0.2, 0.25) is 0 Å². The first-order valence-corrected chi connectivity index (χ1v) is 18.6. The average Bonchev–Trinajstić information content (AvgIpc) is 3.68. The Balaban J connectivity index is 0.00000148. The summed E-state index contributed by atoms with van der Waals surface area (Å²) in [6.07, 6.45) is 6.81. The molecule has 5 aromatic carbocycles. The molecule has 0 saturated heterocycles. The van der Waals surface area contributed by atoms with Gasteiger partial charge >= 0.3 is 0 Å². The van der Waals surface area contributed by atoms with Crippen molar-refractivity contribution in [1.82, 2.24) is 0 Å². The van der Waals surface area contributed by atoms with Crippen LogP contribution < -0.4 is 24.0 Å². The van der Waals surface area contributed by atoms with Gasteiger partial charge in [-0.2, -0.15) is 30.5 Å². The van der Waals surface area contributed by atoms with Crippen LogP contribution >= 0.6 is 0 Å². The summed E-state index contributed by atoms with van der Waals surface area (Å²) in [5.41, 5.74) is 9.96. The molecule has 0 fully saturated rings. The molecule has 0 aromatic heterocycles. The quantitative estimate of drug-likeness (QED) is 0.123. The SMILES string of the molecule is COc1cc2c(cc1OCc1c[c-]cc(COc3cc4c(cc3C)C(=O)N3c5ccccc5C[C@H]3CC4)c1)N=C[C@@H]1Cc3ccccc3N1C2=O.C[S-].[Y]. The van der Waals surface area contributed by atoms with E-state index >= 15 is 0 Å². The van der Waals surface area contributed by atoms with E-state index in [0.717, 1.165) is 76.2 Å². The number of methoxy groups -OCH3 is 1. The summed E-state index contributed by atoms with van der Waals surface area (Å²) < 4.78 is 18.3. The van der Waals surface area contributed by atoms with E-state index in [0.29, 0.717) is 29.4 Å². The van der Waals surface area contributed by atoms with Crippen molar-refractivity contribution in [2.24, 2.45) is 4.99 Å². The van der Waals surface area contributed by atoms with E-state index in [1.165, 1.54) is 5.56 Å². The summed E-state index contributed by atoms with van der Waals surface area (Å²) in [6.45, 7) is 2.60. The first-order valence-electron chi connectivity index (χ1n) is 17.8. The molecule has 4 aliphatic heterocycles. The number of fused-ring (bicyclic) bond motifs is 8. The third-order valence-corrected chi connectivity index (χ3v) is 10.5. The van der Waals surface area contributed by atoms with Crippen LogP contribution in [0.15, 0.2) is 96.0 Å². The van der Waals surface area contributed by atoms with Crippen molar-refractivity contribution in [3.05, 3.63) is 142 Å². The first-order chi connectivity index (χ1) is 25.9. The van der Waals surface area contributed by atoms with Gasteiger partial charge in [-0.05, 0) is 78.8 Å². The monoisotopic (exact) mass is 810 g/mol. The Kier molecular flexibility index (Phi) is 11.3. The predicted octanol–water partition coefficient (Wildman–Crippen LogP) is 7.93. The van der Waals surface area contributed by atoms with E-state index in [9.17, 15) is 9.59 Å². The van der Waals surface area contributed by atoms with E-state index in [1.54, 1.807) is 25.5 Å². The zero-order valence-corrected chi connectivity index (χ0v) is 34.2. The van der Waals surface area contributed by atoms with Crippen LogP contribution in [0.25, 0.3) is 0 Å². The molecule has 0 bridgehead atoms. The van der Waals surface area contributed by atoms with Gasteiger partial charge in [0, 0.05) is 74.4 Å². The Morgan fingerprint density at radius 2 is 1.41 bits per heavy atom. The van der Waals surface area contributed by atoms with Crippen LogP contribution in [0.5, 0.6) is 17.2 Å². The van der Waals surface area contributed by atoms with Crippen LogP contribution in [-0.4, -0.2) is 43.5 Å². The number of carbonyl (C=O) groups is 2. The summed E-state index contributed by atoms with van der Waals surface area (Å²) in [5.74, 6) is 1.72. The topological polar surface area (TPSA) is 80.7 Å². The van der Waals surface area contributed by atoms with Crippen molar-refractivity contribution in [3.8, 4) is 17.2 Å². The Morgan fingerprint density at radius 3 is 2.13 bits per heavy atom. The van der Waals surface area contributed by atoms with Crippen LogP contribution in [0.4, 0.5) is 17.1 Å². The molecule has 5 aromatic rings. The molecule has 10 heteroatoms. The number of para-hydroxylation sites is 2. The van der Waals surface area contributed by atoms with Crippen molar-refractivity contribution in [1.29, 1.82) is 0 Å². The molecule has 0 unspecified atom stereocenters. The van der Waals surface area contributed by atoms with Gasteiger partial charge in [-0.15, -0.1) is 11.1 Å². The van der Waals surface area contributed by atoms with Crippen LogP contribution in [-0.2, 0) is 77.8 Å². The minimum absolute atomic E-state index is 0. The van der Waals surface area contributed by atoms with Crippen molar-refractivity contribution in [2.75, 3.05) is 23.2 Å². The molecule has 1 radical (unpaired) electrons. The number of nitrogens with zero attached hydrogens (tertiary/aromatic N) is 3. The van der Waals surface area contributed by atoms with E-state index in [-0.39, 0.29) is 63.2 Å². The number of ether oxygens (including phenoxy) is 3. The first kappa shape index (κ1) is 37.9. The number of hydrogen-bond acceptors (Lipinski definition) is 7. The fraction of sp³-hybridized carbons (Fsp3) is 0.250. The molecular weight excluding hydrogens is 771 g/mol. The minimum Gasteiger partial charge on any atom is -0.796 e. The van der Waals surface area contributed by atoms with E-state index in [4.69, 9.17) is 19.2 Å². The molecule has 4 heterocycles. The molecular formula is C44H39N3O5SY-2. The second-order valence-corrected chi connectivity index (χ2v) is 13.7. The number of benzene rings is 5. The number of anilines is 2. The van der Waals surface area contributed by atoms with Gasteiger partial charge in [0.15, 0.2) is 11.5 Å². The van der Waals surface area contributed by atoms with Gasteiger partial charge in [-0.1, -0.05) is 36.4 Å². The Hall–Kier alpha value is -4.44. The van der Waals surface area contributed by atoms with Crippen LogP contribution in [0.1, 0.15) is 60.5 Å². The minimum atomic E-state index is -0.133. The molecule has 0 N–H and O–H groups in total. The van der Waals surface area contributed by atoms with Crippen molar-refractivity contribution < 1.29 is 56.5 Å². The molecule has 2 atom stereocenters. The summed E-state index contributed by atoms with van der Waals surface area (Å²) in [6, 6.07) is 32.9. The summed E-state index contributed by atoms with van der Waals surface area (Å²) >= 11 is 4.08. The average molecular weight is 811 g/mol. The third kappa shape index (κ3) is 6.98. The van der Waals surface area contributed by atoms with Gasteiger partial charge in [0.05, 0.1) is 37.6 Å². The number of rotatable bonds is 7. The van der Waals surface area contributed by atoms with Crippen LogP contribution in [0.3, 0.4) is 0 Å². The fourth-order valence-corrected chi connectivity index (χ4v) is 7.97. The molecule has 4 aliphatic rings. The van der Waals surface area contributed by atoms with E-state index < -0.39 is 0 Å². The standard InChI is InChI=1S/C43H36N3O5.CH4S.Y/c1-26-16-34-29(14-15-32-18-30-10-3-5-12-37(30)45(32)42(34)47)20-39(26)50-24-27-8-7-9-28(17-27)25-51-41-22-36-35(21-40(41)49-2)43(48)46-33(23-44-36)19-31-11-4-6-13-38(31)46;1-2;/h3-6,8-13,16-17,20-23,32-33H,14-15,18-19,24-25H2,1-2H3;2H,1H3;/q-1;;/p-1/t32-,33+;;/m1../s1. The fourth-order valence-electron chi connectivity index (χ4n) is 7.97. The summed E-state index contributed by atoms with van der Waals surface area (Å²) in [5, 5.41) is 0. The van der Waals surface area contributed by atoms with E-state index in [2.05, 4.69) is 36.9 Å². The molecule has 0 spiro atoms. The van der Waals surface area contributed by atoms with Gasteiger partial charge in [-0.3, -0.25) is 19.5 Å².